The Bertz CT molecular complexity index is 83.5. The lowest BCUT2D eigenvalue weighted by Crippen LogP contribution is -2.20. The van der Waals surface area contributed by atoms with E-state index < -0.39 is 0 Å². The Morgan fingerprint density at radius 3 is 1.65 bits per heavy atom. The van der Waals surface area contributed by atoms with Crippen LogP contribution in [0.25, 0.3) is 0 Å². The normalized spacial score (nSPS) is 8.82. The zero-order valence-corrected chi connectivity index (χ0v) is 12.8. The van der Waals surface area contributed by atoms with Crippen LogP contribution in [0.1, 0.15) is 34.6 Å². The fraction of sp³-hybridized carbons (Fsp3) is 1.00. The number of hydrogen-bond donors (Lipinski definition) is 2. The second-order valence-corrected chi connectivity index (χ2v) is 2.68. The van der Waals surface area contributed by atoms with E-state index in [2.05, 4.69) is 17.6 Å². The molecule has 4 nitrogen and oxygen atoms in total. The molecule has 0 heterocycles. The molecule has 0 amide bonds. The predicted molar refractivity (Wildman–Crippen MR) is 76.8 cm³/mol. The minimum Gasteiger partial charge on any atom is -0.378 e. The molecule has 2 N–H and O–H groups in total. The van der Waals surface area contributed by atoms with E-state index in [4.69, 9.17) is 9.47 Å². The van der Waals surface area contributed by atoms with Gasteiger partial charge >= 0.3 is 0 Å². The van der Waals surface area contributed by atoms with Gasteiger partial charge in [-0.25, -0.2) is 0 Å². The minimum atomic E-state index is 0.688. The van der Waals surface area contributed by atoms with Crippen LogP contribution in [0.15, 0.2) is 0 Å². The first-order valence-corrected chi connectivity index (χ1v) is 6.92. The first kappa shape index (κ1) is 22.1. The molecule has 17 heavy (non-hydrogen) atoms. The first-order chi connectivity index (χ1) is 8.41. The van der Waals surface area contributed by atoms with Gasteiger partial charge in [0, 0.05) is 13.1 Å². The van der Waals surface area contributed by atoms with Crippen LogP contribution >= 0.6 is 0 Å². The van der Waals surface area contributed by atoms with Crippen LogP contribution in [0.5, 0.6) is 0 Å². The van der Waals surface area contributed by atoms with Gasteiger partial charge in [-0.15, -0.1) is 0 Å². The summed E-state index contributed by atoms with van der Waals surface area (Å²) >= 11 is 0. The van der Waals surface area contributed by atoms with Gasteiger partial charge in [0.05, 0.1) is 26.4 Å². The van der Waals surface area contributed by atoms with Gasteiger partial charge in [0.15, 0.2) is 0 Å². The molecule has 0 saturated heterocycles. The molecule has 0 atom stereocenters. The molecule has 0 aliphatic carbocycles. The van der Waals surface area contributed by atoms with E-state index >= 15 is 0 Å². The number of ether oxygens (including phenoxy) is 2. The van der Waals surface area contributed by atoms with Gasteiger partial charge < -0.3 is 20.1 Å². The van der Waals surface area contributed by atoms with Crippen molar-refractivity contribution in [1.29, 1.82) is 0 Å². The summed E-state index contributed by atoms with van der Waals surface area (Å²) in [4.78, 5) is 0. The van der Waals surface area contributed by atoms with Crippen LogP contribution in [0.4, 0.5) is 0 Å². The smallest absolute Gasteiger partial charge is 0.0701 e. The van der Waals surface area contributed by atoms with Crippen molar-refractivity contribution < 1.29 is 9.47 Å². The lowest BCUT2D eigenvalue weighted by atomic mass is 10.6. The molecule has 0 spiro atoms. The van der Waals surface area contributed by atoms with E-state index in [-0.39, 0.29) is 0 Å². The Hall–Kier alpha value is -0.160. The van der Waals surface area contributed by atoms with Crippen molar-refractivity contribution in [1.82, 2.24) is 10.6 Å². The zero-order chi connectivity index (χ0) is 13.8. The maximum absolute atomic E-state index is 5.31. The van der Waals surface area contributed by atoms with Crippen LogP contribution in [-0.2, 0) is 9.47 Å². The molecular formula is C13H34N2O2. The largest absolute Gasteiger partial charge is 0.378 e. The van der Waals surface area contributed by atoms with Crippen molar-refractivity contribution in [3.05, 3.63) is 0 Å². The summed E-state index contributed by atoms with van der Waals surface area (Å²) in [5.74, 6) is 0. The summed E-state index contributed by atoms with van der Waals surface area (Å²) in [5, 5.41) is 6.19. The van der Waals surface area contributed by atoms with Gasteiger partial charge in [0.2, 0.25) is 0 Å². The molecule has 0 saturated carbocycles. The number of rotatable bonds is 10. The summed E-state index contributed by atoms with van der Waals surface area (Å²) in [6, 6.07) is 0. The van der Waals surface area contributed by atoms with Crippen molar-refractivity contribution in [3.63, 3.8) is 0 Å². The molecule has 0 fully saturated rings. The van der Waals surface area contributed by atoms with Gasteiger partial charge in [0.25, 0.3) is 0 Å². The van der Waals surface area contributed by atoms with Gasteiger partial charge in [-0.05, 0) is 13.6 Å². The molecule has 4 heteroatoms. The maximum Gasteiger partial charge on any atom is 0.0701 e. The highest BCUT2D eigenvalue weighted by molar-refractivity contribution is 4.40. The maximum atomic E-state index is 5.31. The summed E-state index contributed by atoms with van der Waals surface area (Å²) in [6.45, 7) is 15.8. The molecule has 0 aromatic rings. The molecule has 0 aliphatic rings. The fourth-order valence-corrected chi connectivity index (χ4v) is 0.817. The third-order valence-corrected chi connectivity index (χ3v) is 1.54. The number of hydrogen-bond acceptors (Lipinski definition) is 4. The van der Waals surface area contributed by atoms with Gasteiger partial charge in [-0.3, -0.25) is 0 Å². The predicted octanol–water partition coefficient (Wildman–Crippen LogP) is 1.90. The Balaban J connectivity index is -0.000000439. The van der Waals surface area contributed by atoms with Crippen molar-refractivity contribution >= 4 is 0 Å². The summed E-state index contributed by atoms with van der Waals surface area (Å²) in [6.07, 6.45) is 0. The molecule has 0 aromatic heterocycles. The van der Waals surface area contributed by atoms with Crippen molar-refractivity contribution in [2.24, 2.45) is 0 Å². The average molecular weight is 250 g/mol. The van der Waals surface area contributed by atoms with E-state index in [1.165, 1.54) is 0 Å². The second-order valence-electron chi connectivity index (χ2n) is 2.68. The summed E-state index contributed by atoms with van der Waals surface area (Å²) in [5.41, 5.74) is 0. The van der Waals surface area contributed by atoms with Crippen molar-refractivity contribution in [3.8, 4) is 0 Å². The Morgan fingerprint density at radius 2 is 1.24 bits per heavy atom. The highest BCUT2D eigenvalue weighted by atomic mass is 16.5. The molecule has 108 valence electrons. The van der Waals surface area contributed by atoms with Gasteiger partial charge in [-0.2, -0.15) is 0 Å². The monoisotopic (exact) mass is 250 g/mol. The van der Waals surface area contributed by atoms with Crippen molar-refractivity contribution in [2.45, 2.75) is 34.6 Å². The van der Waals surface area contributed by atoms with Crippen LogP contribution < -0.4 is 10.6 Å². The summed E-state index contributed by atoms with van der Waals surface area (Å²) in [7, 11) is 1.91. The number of nitrogens with one attached hydrogen (secondary N) is 2. The van der Waals surface area contributed by atoms with Crippen molar-refractivity contribution in [2.75, 3.05) is 53.1 Å². The Morgan fingerprint density at radius 1 is 0.765 bits per heavy atom. The van der Waals surface area contributed by atoms with Crippen LogP contribution in [0, 0.1) is 0 Å². The first-order valence-electron chi connectivity index (χ1n) is 6.92. The SMILES string of the molecule is CC.CC.CCNCCOCCOCCNC. The van der Waals surface area contributed by atoms with E-state index in [1.54, 1.807) is 0 Å². The molecule has 0 aliphatic heterocycles. The molecule has 0 unspecified atom stereocenters. The average Bonchev–Trinajstić information content (AvgIpc) is 2.42. The van der Waals surface area contributed by atoms with Crippen LogP contribution in [0.3, 0.4) is 0 Å². The topological polar surface area (TPSA) is 42.5 Å². The fourth-order valence-electron chi connectivity index (χ4n) is 0.817. The van der Waals surface area contributed by atoms with Crippen LogP contribution in [-0.4, -0.2) is 53.1 Å². The molecule has 0 rings (SSSR count). The highest BCUT2D eigenvalue weighted by Crippen LogP contribution is 1.77. The second kappa shape index (κ2) is 29.7. The lowest BCUT2D eigenvalue weighted by Gasteiger charge is -2.05. The van der Waals surface area contributed by atoms with E-state index in [9.17, 15) is 0 Å². The Kier molecular flexibility index (Phi) is 38.5. The minimum absolute atomic E-state index is 0.688. The van der Waals surface area contributed by atoms with E-state index in [1.807, 2.05) is 34.7 Å². The lowest BCUT2D eigenvalue weighted by molar-refractivity contribution is 0.0505. The van der Waals surface area contributed by atoms with E-state index in [0.29, 0.717) is 13.2 Å². The quantitative estimate of drug-likeness (QED) is 0.581. The van der Waals surface area contributed by atoms with Crippen LogP contribution in [0.2, 0.25) is 0 Å². The van der Waals surface area contributed by atoms with E-state index in [0.717, 1.165) is 32.8 Å². The highest BCUT2D eigenvalue weighted by Gasteiger charge is 1.88. The number of likely N-dealkylation sites (N-methyl/N-ethyl adjacent to an activating group) is 2. The standard InChI is InChI=1S/C9H22N2O2.2C2H6/c1-3-11-5-7-13-9-8-12-6-4-10-2;2*1-2/h10-11H,3-9H2,1-2H3;2*1-2H3. The third-order valence-electron chi connectivity index (χ3n) is 1.54. The zero-order valence-electron chi connectivity index (χ0n) is 12.8. The van der Waals surface area contributed by atoms with Gasteiger partial charge in [-0.1, -0.05) is 34.6 Å². The van der Waals surface area contributed by atoms with Gasteiger partial charge in [0.1, 0.15) is 0 Å². The molecule has 0 bridgehead atoms. The molecule has 0 aromatic carbocycles. The molecule has 0 radical (unpaired) electrons. The molecular weight excluding hydrogens is 216 g/mol. The Labute approximate surface area is 108 Å². The third kappa shape index (κ3) is 31.3. The summed E-state index contributed by atoms with van der Waals surface area (Å²) < 4.78 is 10.6.